The van der Waals surface area contributed by atoms with E-state index in [0.29, 0.717) is 11.3 Å². The largest absolute Gasteiger partial charge is 0.489 e. The van der Waals surface area contributed by atoms with Gasteiger partial charge < -0.3 is 10.5 Å². The quantitative estimate of drug-likeness (QED) is 0.908. The van der Waals surface area contributed by atoms with Crippen LogP contribution in [0.25, 0.3) is 0 Å². The van der Waals surface area contributed by atoms with Crippen molar-refractivity contribution >= 4 is 0 Å². The zero-order chi connectivity index (χ0) is 14.5. The van der Waals surface area contributed by atoms with Gasteiger partial charge in [-0.2, -0.15) is 0 Å². The number of hydrogen-bond donors (Lipinski definition) is 1. The average molecular weight is 277 g/mol. The zero-order valence-corrected chi connectivity index (χ0v) is 11.3. The molecule has 0 fully saturated rings. The van der Waals surface area contributed by atoms with Crippen molar-refractivity contribution < 1.29 is 13.5 Å². The second-order valence-electron chi connectivity index (χ2n) is 4.87. The van der Waals surface area contributed by atoms with E-state index in [9.17, 15) is 8.78 Å². The lowest BCUT2D eigenvalue weighted by Gasteiger charge is -2.10. The Bertz CT molecular complexity index is 584. The lowest BCUT2D eigenvalue weighted by atomic mass is 10.1. The fraction of sp³-hybridized carbons (Fsp3) is 0.250. The van der Waals surface area contributed by atoms with Crippen molar-refractivity contribution in [2.24, 2.45) is 5.73 Å². The van der Waals surface area contributed by atoms with Gasteiger partial charge in [-0.15, -0.1) is 0 Å². The number of hydrogen-bond acceptors (Lipinski definition) is 2. The first kappa shape index (κ1) is 14.5. The van der Waals surface area contributed by atoms with Crippen LogP contribution >= 0.6 is 0 Å². The Balaban J connectivity index is 2.01. The molecule has 4 heteroatoms. The maximum atomic E-state index is 13.1. The van der Waals surface area contributed by atoms with Crippen LogP contribution in [0.15, 0.2) is 42.5 Å². The summed E-state index contributed by atoms with van der Waals surface area (Å²) in [7, 11) is 0. The molecule has 2 aromatic rings. The molecule has 1 unspecified atom stereocenters. The predicted octanol–water partition coefficient (Wildman–Crippen LogP) is 3.43. The molecule has 0 aliphatic rings. The van der Waals surface area contributed by atoms with Gasteiger partial charge in [0.25, 0.3) is 0 Å². The van der Waals surface area contributed by atoms with Crippen molar-refractivity contribution in [1.29, 1.82) is 0 Å². The van der Waals surface area contributed by atoms with Crippen molar-refractivity contribution in [3.8, 4) is 5.75 Å². The highest BCUT2D eigenvalue weighted by Gasteiger charge is 2.04. The monoisotopic (exact) mass is 277 g/mol. The summed E-state index contributed by atoms with van der Waals surface area (Å²) in [6, 6.07) is 11.4. The Hall–Kier alpha value is -1.94. The molecule has 0 spiro atoms. The number of ether oxygens (including phenoxy) is 1. The minimum atomic E-state index is -0.864. The molecule has 0 aromatic heterocycles. The molecule has 0 radical (unpaired) electrons. The highest BCUT2D eigenvalue weighted by molar-refractivity contribution is 5.29. The van der Waals surface area contributed by atoms with Crippen molar-refractivity contribution in [3.63, 3.8) is 0 Å². The van der Waals surface area contributed by atoms with Crippen LogP contribution in [-0.4, -0.2) is 6.04 Å². The first-order valence-electron chi connectivity index (χ1n) is 6.46. The normalized spacial score (nSPS) is 12.2. The van der Waals surface area contributed by atoms with Gasteiger partial charge >= 0.3 is 0 Å². The Morgan fingerprint density at radius 1 is 1.05 bits per heavy atom. The number of halogens is 2. The van der Waals surface area contributed by atoms with Crippen molar-refractivity contribution in [3.05, 3.63) is 65.2 Å². The van der Waals surface area contributed by atoms with Gasteiger partial charge in [-0.25, -0.2) is 8.78 Å². The minimum Gasteiger partial charge on any atom is -0.489 e. The molecular formula is C16H17F2NO. The number of benzene rings is 2. The second kappa shape index (κ2) is 6.48. The van der Waals surface area contributed by atoms with Gasteiger partial charge in [0.15, 0.2) is 11.6 Å². The van der Waals surface area contributed by atoms with E-state index in [1.54, 1.807) is 0 Å². The Labute approximate surface area is 117 Å². The highest BCUT2D eigenvalue weighted by atomic mass is 19.2. The molecule has 20 heavy (non-hydrogen) atoms. The Morgan fingerprint density at radius 3 is 2.55 bits per heavy atom. The lowest BCUT2D eigenvalue weighted by Crippen LogP contribution is -2.17. The molecule has 0 saturated carbocycles. The maximum Gasteiger partial charge on any atom is 0.159 e. The fourth-order valence-corrected chi connectivity index (χ4v) is 1.93. The van der Waals surface area contributed by atoms with Gasteiger partial charge in [-0.1, -0.05) is 18.2 Å². The first-order valence-corrected chi connectivity index (χ1v) is 6.46. The van der Waals surface area contributed by atoms with Crippen LogP contribution in [0, 0.1) is 11.6 Å². The molecule has 0 bridgehead atoms. The molecule has 0 saturated heterocycles. The van der Waals surface area contributed by atoms with E-state index in [-0.39, 0.29) is 12.6 Å². The molecule has 0 aliphatic heterocycles. The lowest BCUT2D eigenvalue weighted by molar-refractivity contribution is 0.304. The van der Waals surface area contributed by atoms with Crippen LogP contribution in [0.1, 0.15) is 18.1 Å². The topological polar surface area (TPSA) is 35.2 Å². The number of rotatable bonds is 5. The summed E-state index contributed by atoms with van der Waals surface area (Å²) in [5.41, 5.74) is 7.42. The van der Waals surface area contributed by atoms with Crippen molar-refractivity contribution in [1.82, 2.24) is 0 Å². The fourth-order valence-electron chi connectivity index (χ4n) is 1.93. The smallest absolute Gasteiger partial charge is 0.159 e. The van der Waals surface area contributed by atoms with Crippen LogP contribution in [-0.2, 0) is 13.0 Å². The van der Waals surface area contributed by atoms with Crippen LogP contribution < -0.4 is 10.5 Å². The summed E-state index contributed by atoms with van der Waals surface area (Å²) in [6.07, 6.45) is 0.766. The van der Waals surface area contributed by atoms with Crippen LogP contribution in [0.3, 0.4) is 0 Å². The third kappa shape index (κ3) is 4.03. The van der Waals surface area contributed by atoms with Gasteiger partial charge in [0.2, 0.25) is 0 Å². The zero-order valence-electron chi connectivity index (χ0n) is 11.3. The van der Waals surface area contributed by atoms with Gasteiger partial charge in [0.1, 0.15) is 12.4 Å². The molecule has 2 aromatic carbocycles. The molecule has 2 N–H and O–H groups in total. The Kier molecular flexibility index (Phi) is 4.69. The average Bonchev–Trinajstić information content (AvgIpc) is 2.40. The highest BCUT2D eigenvalue weighted by Crippen LogP contribution is 2.17. The molecule has 1 atom stereocenters. The maximum absolute atomic E-state index is 13.1. The summed E-state index contributed by atoms with van der Waals surface area (Å²) < 4.78 is 31.5. The molecule has 0 aliphatic carbocycles. The van der Waals surface area contributed by atoms with E-state index >= 15 is 0 Å². The summed E-state index contributed by atoms with van der Waals surface area (Å²) >= 11 is 0. The van der Waals surface area contributed by atoms with E-state index in [2.05, 4.69) is 0 Å². The summed E-state index contributed by atoms with van der Waals surface area (Å²) in [5, 5.41) is 0. The van der Waals surface area contributed by atoms with Crippen molar-refractivity contribution in [2.45, 2.75) is 26.0 Å². The molecule has 106 valence electrons. The Morgan fingerprint density at radius 2 is 1.85 bits per heavy atom. The first-order chi connectivity index (χ1) is 9.54. The van der Waals surface area contributed by atoms with E-state index in [1.807, 2.05) is 31.2 Å². The molecule has 0 heterocycles. The van der Waals surface area contributed by atoms with E-state index in [0.717, 1.165) is 24.1 Å². The van der Waals surface area contributed by atoms with Gasteiger partial charge in [-0.3, -0.25) is 0 Å². The van der Waals surface area contributed by atoms with Gasteiger partial charge in [-0.05, 0) is 48.7 Å². The van der Waals surface area contributed by atoms with E-state index < -0.39 is 11.6 Å². The standard InChI is InChI=1S/C16H17F2NO/c1-11(19)7-12-3-2-4-14(8-12)20-10-13-5-6-15(17)16(18)9-13/h2-6,8-9,11H,7,10,19H2,1H3. The van der Waals surface area contributed by atoms with E-state index in [4.69, 9.17) is 10.5 Å². The van der Waals surface area contributed by atoms with Crippen molar-refractivity contribution in [2.75, 3.05) is 0 Å². The third-order valence-electron chi connectivity index (χ3n) is 2.85. The molecular weight excluding hydrogens is 260 g/mol. The van der Waals surface area contributed by atoms with E-state index in [1.165, 1.54) is 6.07 Å². The van der Waals surface area contributed by atoms with Crippen LogP contribution in [0.5, 0.6) is 5.75 Å². The summed E-state index contributed by atoms with van der Waals surface area (Å²) in [5.74, 6) is -1.03. The summed E-state index contributed by atoms with van der Waals surface area (Å²) in [4.78, 5) is 0. The molecule has 2 nitrogen and oxygen atoms in total. The summed E-state index contributed by atoms with van der Waals surface area (Å²) in [6.45, 7) is 2.13. The SMILES string of the molecule is CC(N)Cc1cccc(OCc2ccc(F)c(F)c2)c1. The van der Waals surface area contributed by atoms with Gasteiger partial charge in [0, 0.05) is 6.04 Å². The second-order valence-corrected chi connectivity index (χ2v) is 4.87. The third-order valence-corrected chi connectivity index (χ3v) is 2.85. The van der Waals surface area contributed by atoms with Crippen LogP contribution in [0.2, 0.25) is 0 Å². The predicted molar refractivity (Wildman–Crippen MR) is 74.5 cm³/mol. The number of nitrogens with two attached hydrogens (primary N) is 1. The minimum absolute atomic E-state index is 0.0800. The van der Waals surface area contributed by atoms with Gasteiger partial charge in [0.05, 0.1) is 0 Å². The molecule has 0 amide bonds. The van der Waals surface area contributed by atoms with Crippen LogP contribution in [0.4, 0.5) is 8.78 Å². The molecule has 2 rings (SSSR count).